The number of hydrogen-bond donors (Lipinski definition) is 0. The Labute approximate surface area is 160 Å². The smallest absolute Gasteiger partial charge is 0.286 e. The number of thioether (sulfide) groups is 1. The lowest BCUT2D eigenvalue weighted by atomic mass is 10.1. The van der Waals surface area contributed by atoms with E-state index in [1.807, 2.05) is 48.6 Å². The molecule has 6 heteroatoms. The van der Waals surface area contributed by atoms with Crippen LogP contribution < -0.4 is 9.47 Å². The molecule has 2 aromatic rings. The van der Waals surface area contributed by atoms with Crippen molar-refractivity contribution in [2.75, 3.05) is 28.3 Å². The molecule has 0 aliphatic heterocycles. The van der Waals surface area contributed by atoms with E-state index >= 15 is 0 Å². The predicted octanol–water partition coefficient (Wildman–Crippen LogP) is 5.41. The fourth-order valence-corrected chi connectivity index (χ4v) is 3.51. The van der Waals surface area contributed by atoms with Crippen molar-refractivity contribution in [2.24, 2.45) is 0 Å². The van der Waals surface area contributed by atoms with E-state index in [0.717, 1.165) is 38.0 Å². The Morgan fingerprint density at radius 2 is 1.80 bits per heavy atom. The molecular weight excluding hydrogens is 402 g/mol. The minimum absolute atomic E-state index is 0.0568. The number of benzene rings is 2. The first-order valence-electron chi connectivity index (χ1n) is 7.53. The second kappa shape index (κ2) is 8.97. The molecule has 0 fully saturated rings. The second-order valence-corrected chi connectivity index (χ2v) is 7.22. The topological polar surface area (TPSA) is 38.8 Å². The summed E-state index contributed by atoms with van der Waals surface area (Å²) in [5.41, 5.74) is 2.00. The molecule has 0 aromatic heterocycles. The van der Waals surface area contributed by atoms with Crippen LogP contribution in [0, 0.1) is 0 Å². The van der Waals surface area contributed by atoms with E-state index in [1.54, 1.807) is 28.3 Å². The molecule has 25 heavy (non-hydrogen) atoms. The third kappa shape index (κ3) is 5.28. The summed E-state index contributed by atoms with van der Waals surface area (Å²) in [4.78, 5) is 14.3. The first-order chi connectivity index (χ1) is 11.9. The Kier molecular flexibility index (Phi) is 6.96. The number of amides is 1. The molecule has 132 valence electrons. The Bertz CT molecular complexity index is 790. The summed E-state index contributed by atoms with van der Waals surface area (Å²) in [5.74, 6) is 1.47. The van der Waals surface area contributed by atoms with Crippen LogP contribution in [0.25, 0.3) is 12.2 Å². The zero-order valence-corrected chi connectivity index (χ0v) is 17.0. The Morgan fingerprint density at radius 3 is 2.44 bits per heavy atom. The number of halogens is 1. The van der Waals surface area contributed by atoms with Crippen LogP contribution in [0.1, 0.15) is 11.1 Å². The molecule has 0 aliphatic carbocycles. The summed E-state index contributed by atoms with van der Waals surface area (Å²) in [5, 5.41) is -0.0568. The lowest BCUT2D eigenvalue weighted by Crippen LogP contribution is -2.16. The summed E-state index contributed by atoms with van der Waals surface area (Å²) >= 11 is 4.67. The monoisotopic (exact) mass is 421 g/mol. The normalized spacial score (nSPS) is 10.8. The van der Waals surface area contributed by atoms with Crippen molar-refractivity contribution in [3.63, 3.8) is 0 Å². The van der Waals surface area contributed by atoms with Crippen LogP contribution in [0.2, 0.25) is 0 Å². The van der Waals surface area contributed by atoms with Crippen molar-refractivity contribution in [3.05, 3.63) is 52.0 Å². The molecular formula is C19H20BrNO3S. The van der Waals surface area contributed by atoms with Gasteiger partial charge in [-0.2, -0.15) is 0 Å². The summed E-state index contributed by atoms with van der Waals surface area (Å²) in [6, 6.07) is 11.7. The Balaban J connectivity index is 2.29. The minimum atomic E-state index is -0.0568. The maximum absolute atomic E-state index is 12.0. The molecule has 0 heterocycles. The van der Waals surface area contributed by atoms with E-state index in [9.17, 15) is 4.79 Å². The highest BCUT2D eigenvalue weighted by molar-refractivity contribution is 9.10. The van der Waals surface area contributed by atoms with Gasteiger partial charge in [0.25, 0.3) is 5.24 Å². The average Bonchev–Trinajstić information content (AvgIpc) is 2.61. The van der Waals surface area contributed by atoms with Crippen LogP contribution in [0.4, 0.5) is 4.79 Å². The molecule has 0 atom stereocenters. The molecule has 0 radical (unpaired) electrons. The maximum Gasteiger partial charge on any atom is 0.286 e. The zero-order valence-electron chi connectivity index (χ0n) is 14.6. The van der Waals surface area contributed by atoms with Gasteiger partial charge >= 0.3 is 0 Å². The van der Waals surface area contributed by atoms with Crippen molar-refractivity contribution in [3.8, 4) is 11.5 Å². The van der Waals surface area contributed by atoms with Crippen molar-refractivity contribution in [1.29, 1.82) is 0 Å². The number of ether oxygens (including phenoxy) is 2. The van der Waals surface area contributed by atoms with Gasteiger partial charge in [-0.05, 0) is 63.1 Å². The fraction of sp³-hybridized carbons (Fsp3) is 0.211. The van der Waals surface area contributed by atoms with Gasteiger partial charge in [0.2, 0.25) is 0 Å². The van der Waals surface area contributed by atoms with Crippen LogP contribution in [0.5, 0.6) is 11.5 Å². The number of methoxy groups -OCH3 is 2. The van der Waals surface area contributed by atoms with Crippen molar-refractivity contribution >= 4 is 45.1 Å². The molecule has 0 aliphatic rings. The summed E-state index contributed by atoms with van der Waals surface area (Å²) in [6.45, 7) is 0. The highest BCUT2D eigenvalue weighted by atomic mass is 79.9. The number of nitrogens with zero attached hydrogens (tertiary/aromatic N) is 1. The summed E-state index contributed by atoms with van der Waals surface area (Å²) in [6.07, 6.45) is 3.99. The van der Waals surface area contributed by atoms with Crippen LogP contribution in [-0.2, 0) is 0 Å². The number of rotatable bonds is 5. The van der Waals surface area contributed by atoms with Crippen molar-refractivity contribution in [2.45, 2.75) is 4.90 Å². The molecule has 0 N–H and O–H groups in total. The lowest BCUT2D eigenvalue weighted by Gasteiger charge is -2.14. The van der Waals surface area contributed by atoms with Gasteiger partial charge in [0.05, 0.1) is 19.1 Å². The van der Waals surface area contributed by atoms with Gasteiger partial charge in [-0.1, -0.05) is 24.3 Å². The largest absolute Gasteiger partial charge is 0.497 e. The molecule has 0 unspecified atom stereocenters. The number of carbonyl (C=O) groups is 1. The second-order valence-electron chi connectivity index (χ2n) is 5.41. The van der Waals surface area contributed by atoms with Crippen molar-refractivity contribution < 1.29 is 14.3 Å². The van der Waals surface area contributed by atoms with E-state index in [0.29, 0.717) is 5.75 Å². The van der Waals surface area contributed by atoms with Crippen LogP contribution in [-0.4, -0.2) is 38.5 Å². The minimum Gasteiger partial charge on any atom is -0.497 e. The quantitative estimate of drug-likeness (QED) is 0.477. The third-order valence-electron chi connectivity index (χ3n) is 3.37. The van der Waals surface area contributed by atoms with Gasteiger partial charge < -0.3 is 14.4 Å². The van der Waals surface area contributed by atoms with Gasteiger partial charge in [0, 0.05) is 18.6 Å². The van der Waals surface area contributed by atoms with Crippen molar-refractivity contribution in [1.82, 2.24) is 4.90 Å². The Hall–Kier alpha value is -1.92. The Morgan fingerprint density at radius 1 is 1.08 bits per heavy atom. The molecule has 4 nitrogen and oxygen atoms in total. The highest BCUT2D eigenvalue weighted by Crippen LogP contribution is 2.38. The van der Waals surface area contributed by atoms with E-state index in [1.165, 1.54) is 4.90 Å². The standard InChI is InChI=1S/C19H20BrNO3S/c1-21(2)19(22)25-18-16(20)11-14(12-17(18)24-4)9-8-13-6-5-7-15(10-13)23-3/h5-12H,1-4H3/b9-8-. The van der Waals surface area contributed by atoms with Gasteiger partial charge in [-0.15, -0.1) is 0 Å². The van der Waals surface area contributed by atoms with Crippen LogP contribution in [0.3, 0.4) is 0 Å². The third-order valence-corrected chi connectivity index (χ3v) is 5.42. The van der Waals surface area contributed by atoms with Gasteiger partial charge in [0.1, 0.15) is 11.5 Å². The lowest BCUT2D eigenvalue weighted by molar-refractivity contribution is 0.241. The predicted molar refractivity (Wildman–Crippen MR) is 108 cm³/mol. The first kappa shape index (κ1) is 19.4. The molecule has 0 spiro atoms. The van der Waals surface area contributed by atoms with Crippen LogP contribution in [0.15, 0.2) is 45.8 Å². The first-order valence-corrected chi connectivity index (χ1v) is 9.14. The molecule has 2 aromatic carbocycles. The highest BCUT2D eigenvalue weighted by Gasteiger charge is 2.15. The molecule has 2 rings (SSSR count). The van der Waals surface area contributed by atoms with Gasteiger partial charge in [-0.25, -0.2) is 0 Å². The zero-order chi connectivity index (χ0) is 18.4. The molecule has 0 saturated heterocycles. The van der Waals surface area contributed by atoms with Gasteiger partial charge in [-0.3, -0.25) is 4.79 Å². The number of hydrogen-bond acceptors (Lipinski definition) is 4. The molecule has 0 saturated carbocycles. The van der Waals surface area contributed by atoms with E-state index in [2.05, 4.69) is 15.9 Å². The summed E-state index contributed by atoms with van der Waals surface area (Å²) < 4.78 is 11.5. The van der Waals surface area contributed by atoms with E-state index < -0.39 is 0 Å². The van der Waals surface area contributed by atoms with E-state index in [-0.39, 0.29) is 5.24 Å². The van der Waals surface area contributed by atoms with Gasteiger partial charge in [0.15, 0.2) is 0 Å². The van der Waals surface area contributed by atoms with Crippen LogP contribution >= 0.6 is 27.7 Å². The fourth-order valence-electron chi connectivity index (χ4n) is 2.05. The summed E-state index contributed by atoms with van der Waals surface area (Å²) in [7, 11) is 6.69. The maximum atomic E-state index is 12.0. The molecule has 0 bridgehead atoms. The van der Waals surface area contributed by atoms with E-state index in [4.69, 9.17) is 9.47 Å². The SMILES string of the molecule is COc1cccc(/C=C\c2cc(Br)c(SC(=O)N(C)C)c(OC)c2)c1. The molecule has 1 amide bonds. The average molecular weight is 422 g/mol. The number of carbonyl (C=O) groups excluding carboxylic acids is 1.